The summed E-state index contributed by atoms with van der Waals surface area (Å²) in [7, 11) is 3.18. The maximum Gasteiger partial charge on any atom is 0.326 e. The van der Waals surface area contributed by atoms with Gasteiger partial charge in [0.15, 0.2) is 0 Å². The fraction of sp³-hybridized carbons (Fsp3) is 0.917. The standard InChI is InChI=1S/C12H21NO3/c1-15-10-4-3-7-12(8-10,11(14)16-2)13-9-5-6-9/h9-10,13H,3-8H2,1-2H3. The van der Waals surface area contributed by atoms with Crippen molar-refractivity contribution < 1.29 is 14.3 Å². The van der Waals surface area contributed by atoms with E-state index in [0.717, 1.165) is 25.7 Å². The highest BCUT2D eigenvalue weighted by atomic mass is 16.5. The summed E-state index contributed by atoms with van der Waals surface area (Å²) in [6, 6.07) is 0.509. The monoisotopic (exact) mass is 227 g/mol. The third-order valence-electron chi connectivity index (χ3n) is 3.67. The van der Waals surface area contributed by atoms with E-state index in [4.69, 9.17) is 9.47 Å². The van der Waals surface area contributed by atoms with Crippen molar-refractivity contribution >= 4 is 5.97 Å². The molecule has 0 aromatic rings. The van der Waals surface area contributed by atoms with Crippen LogP contribution in [0.25, 0.3) is 0 Å². The van der Waals surface area contributed by atoms with Crippen molar-refractivity contribution in [1.82, 2.24) is 5.32 Å². The smallest absolute Gasteiger partial charge is 0.326 e. The summed E-state index contributed by atoms with van der Waals surface area (Å²) in [5.41, 5.74) is -0.491. The summed E-state index contributed by atoms with van der Waals surface area (Å²) >= 11 is 0. The van der Waals surface area contributed by atoms with Crippen LogP contribution >= 0.6 is 0 Å². The van der Waals surface area contributed by atoms with Crippen molar-refractivity contribution in [1.29, 1.82) is 0 Å². The Hall–Kier alpha value is -0.610. The fourth-order valence-electron chi connectivity index (χ4n) is 2.61. The Morgan fingerprint density at radius 3 is 2.62 bits per heavy atom. The first kappa shape index (κ1) is 11.9. The maximum absolute atomic E-state index is 12.0. The molecule has 0 aromatic heterocycles. The number of ether oxygens (including phenoxy) is 2. The molecule has 4 heteroatoms. The van der Waals surface area contributed by atoms with Crippen LogP contribution in [0.1, 0.15) is 38.5 Å². The number of rotatable bonds is 4. The predicted molar refractivity (Wildman–Crippen MR) is 60.2 cm³/mol. The van der Waals surface area contributed by atoms with E-state index in [2.05, 4.69) is 5.32 Å². The molecule has 0 aromatic carbocycles. The highest BCUT2D eigenvalue weighted by molar-refractivity contribution is 5.81. The molecule has 4 nitrogen and oxygen atoms in total. The van der Waals surface area contributed by atoms with Crippen molar-refractivity contribution in [3.05, 3.63) is 0 Å². The third kappa shape index (κ3) is 2.38. The molecule has 0 aliphatic heterocycles. The van der Waals surface area contributed by atoms with Gasteiger partial charge in [-0.05, 0) is 32.1 Å². The molecular formula is C12H21NO3. The van der Waals surface area contributed by atoms with Crippen molar-refractivity contribution in [3.8, 4) is 0 Å². The van der Waals surface area contributed by atoms with Gasteiger partial charge in [-0.1, -0.05) is 0 Å². The average Bonchev–Trinajstić information content (AvgIpc) is 3.12. The molecule has 2 fully saturated rings. The number of hydrogen-bond donors (Lipinski definition) is 1. The fourth-order valence-corrected chi connectivity index (χ4v) is 2.61. The first-order chi connectivity index (χ1) is 7.70. The summed E-state index contributed by atoms with van der Waals surface area (Å²) < 4.78 is 10.4. The minimum atomic E-state index is -0.491. The van der Waals surface area contributed by atoms with Gasteiger partial charge in [0.05, 0.1) is 13.2 Å². The second-order valence-corrected chi connectivity index (χ2v) is 4.95. The van der Waals surface area contributed by atoms with Crippen molar-refractivity contribution in [3.63, 3.8) is 0 Å². The Labute approximate surface area is 96.7 Å². The first-order valence-electron chi connectivity index (χ1n) is 6.09. The number of hydrogen-bond acceptors (Lipinski definition) is 4. The molecule has 0 spiro atoms. The van der Waals surface area contributed by atoms with Gasteiger partial charge in [-0.3, -0.25) is 10.1 Å². The normalized spacial score (nSPS) is 34.8. The van der Waals surface area contributed by atoms with E-state index in [0.29, 0.717) is 6.04 Å². The van der Waals surface area contributed by atoms with Gasteiger partial charge in [-0.25, -0.2) is 0 Å². The zero-order valence-electron chi connectivity index (χ0n) is 10.1. The Morgan fingerprint density at radius 2 is 2.06 bits per heavy atom. The van der Waals surface area contributed by atoms with Gasteiger partial charge in [-0.15, -0.1) is 0 Å². The molecule has 2 saturated carbocycles. The van der Waals surface area contributed by atoms with Crippen molar-refractivity contribution in [2.45, 2.75) is 56.2 Å². The second-order valence-electron chi connectivity index (χ2n) is 4.95. The summed E-state index contributed by atoms with van der Waals surface area (Å²) in [5.74, 6) is -0.124. The Kier molecular flexibility index (Phi) is 3.50. The van der Waals surface area contributed by atoms with E-state index in [1.54, 1.807) is 7.11 Å². The van der Waals surface area contributed by atoms with Gasteiger partial charge in [0.25, 0.3) is 0 Å². The average molecular weight is 227 g/mol. The van der Waals surface area contributed by atoms with Gasteiger partial charge in [0.2, 0.25) is 0 Å². The highest BCUT2D eigenvalue weighted by Gasteiger charge is 2.46. The highest BCUT2D eigenvalue weighted by Crippen LogP contribution is 2.34. The quantitative estimate of drug-likeness (QED) is 0.734. The first-order valence-corrected chi connectivity index (χ1v) is 6.09. The molecule has 0 bridgehead atoms. The van der Waals surface area contributed by atoms with Crippen LogP contribution in [0.4, 0.5) is 0 Å². The van der Waals surface area contributed by atoms with E-state index in [9.17, 15) is 4.79 Å². The van der Waals surface area contributed by atoms with Gasteiger partial charge in [0, 0.05) is 19.6 Å². The van der Waals surface area contributed by atoms with Crippen LogP contribution in [-0.2, 0) is 14.3 Å². The Balaban J connectivity index is 2.08. The number of carbonyl (C=O) groups is 1. The largest absolute Gasteiger partial charge is 0.468 e. The van der Waals surface area contributed by atoms with Crippen molar-refractivity contribution in [2.75, 3.05) is 14.2 Å². The topological polar surface area (TPSA) is 47.6 Å². The molecule has 0 heterocycles. The molecule has 16 heavy (non-hydrogen) atoms. The van der Waals surface area contributed by atoms with Crippen LogP contribution in [0.2, 0.25) is 0 Å². The number of methoxy groups -OCH3 is 2. The Morgan fingerprint density at radius 1 is 1.31 bits per heavy atom. The minimum Gasteiger partial charge on any atom is -0.468 e. The van der Waals surface area contributed by atoms with Crippen LogP contribution < -0.4 is 5.32 Å². The molecule has 92 valence electrons. The van der Waals surface area contributed by atoms with Gasteiger partial charge in [-0.2, -0.15) is 0 Å². The molecule has 2 rings (SSSR count). The molecule has 2 aliphatic carbocycles. The molecular weight excluding hydrogens is 206 g/mol. The molecule has 0 radical (unpaired) electrons. The van der Waals surface area contributed by atoms with E-state index in [1.807, 2.05) is 0 Å². The molecule has 1 N–H and O–H groups in total. The second kappa shape index (κ2) is 4.72. The lowest BCUT2D eigenvalue weighted by Gasteiger charge is -2.38. The van der Waals surface area contributed by atoms with Gasteiger partial charge < -0.3 is 9.47 Å². The molecule has 2 aliphatic rings. The zero-order valence-corrected chi connectivity index (χ0v) is 10.1. The minimum absolute atomic E-state index is 0.124. The Bertz CT molecular complexity index is 265. The van der Waals surface area contributed by atoms with Gasteiger partial charge in [0.1, 0.15) is 5.54 Å². The lowest BCUT2D eigenvalue weighted by molar-refractivity contribution is -0.152. The number of carbonyl (C=O) groups excluding carboxylic acids is 1. The van der Waals surface area contributed by atoms with Crippen LogP contribution in [0.15, 0.2) is 0 Å². The zero-order chi connectivity index (χ0) is 11.6. The predicted octanol–water partition coefficient (Wildman–Crippen LogP) is 1.24. The number of nitrogens with one attached hydrogen (secondary N) is 1. The third-order valence-corrected chi connectivity index (χ3v) is 3.67. The van der Waals surface area contributed by atoms with Crippen LogP contribution in [0.5, 0.6) is 0 Å². The molecule has 0 saturated heterocycles. The van der Waals surface area contributed by atoms with E-state index in [-0.39, 0.29) is 12.1 Å². The van der Waals surface area contributed by atoms with E-state index < -0.39 is 5.54 Å². The lowest BCUT2D eigenvalue weighted by Crippen LogP contribution is -2.57. The molecule has 0 amide bonds. The summed E-state index contributed by atoms with van der Waals surface area (Å²) in [6.45, 7) is 0. The van der Waals surface area contributed by atoms with Crippen LogP contribution in [0.3, 0.4) is 0 Å². The lowest BCUT2D eigenvalue weighted by atomic mass is 9.80. The van der Waals surface area contributed by atoms with Gasteiger partial charge >= 0.3 is 5.97 Å². The number of esters is 1. The maximum atomic E-state index is 12.0. The van der Waals surface area contributed by atoms with Crippen LogP contribution in [0, 0.1) is 0 Å². The van der Waals surface area contributed by atoms with E-state index >= 15 is 0 Å². The molecule has 2 atom stereocenters. The SMILES string of the molecule is COC(=O)C1(NC2CC2)CCCC(OC)C1. The summed E-state index contributed by atoms with van der Waals surface area (Å²) in [4.78, 5) is 12.0. The summed E-state index contributed by atoms with van der Waals surface area (Å²) in [5, 5.41) is 3.47. The van der Waals surface area contributed by atoms with Crippen molar-refractivity contribution in [2.24, 2.45) is 0 Å². The summed E-state index contributed by atoms with van der Waals surface area (Å²) in [6.07, 6.45) is 6.21. The van der Waals surface area contributed by atoms with E-state index in [1.165, 1.54) is 20.0 Å². The molecule has 2 unspecified atom stereocenters. The van der Waals surface area contributed by atoms with Crippen LogP contribution in [-0.4, -0.2) is 37.9 Å².